The monoisotopic (exact) mass is 259 g/mol. The molecule has 1 aromatic rings. The summed E-state index contributed by atoms with van der Waals surface area (Å²) in [6.45, 7) is 0.233. The SMILES string of the molecule is O=C1N[C@H]2CCC3OC3[C@@H]2c2cc3c(cc21)OCO3. The van der Waals surface area contributed by atoms with Crippen molar-refractivity contribution in [1.82, 2.24) is 5.32 Å². The molecule has 98 valence electrons. The third-order valence-corrected chi connectivity index (χ3v) is 4.64. The lowest BCUT2D eigenvalue weighted by Crippen LogP contribution is -2.48. The zero-order chi connectivity index (χ0) is 12.6. The van der Waals surface area contributed by atoms with Crippen molar-refractivity contribution < 1.29 is 19.0 Å². The van der Waals surface area contributed by atoms with E-state index in [0.29, 0.717) is 17.4 Å². The van der Waals surface area contributed by atoms with Crippen molar-refractivity contribution in [2.75, 3.05) is 6.79 Å². The molecule has 0 radical (unpaired) electrons. The maximum absolute atomic E-state index is 12.2. The molecule has 0 spiro atoms. The Morgan fingerprint density at radius 3 is 2.89 bits per heavy atom. The summed E-state index contributed by atoms with van der Waals surface area (Å²) in [6, 6.07) is 3.97. The van der Waals surface area contributed by atoms with Gasteiger partial charge in [0.25, 0.3) is 5.91 Å². The average molecular weight is 259 g/mol. The van der Waals surface area contributed by atoms with Crippen molar-refractivity contribution in [3.8, 4) is 11.5 Å². The molecule has 3 aliphatic heterocycles. The highest BCUT2D eigenvalue weighted by Gasteiger charge is 2.54. The highest BCUT2D eigenvalue weighted by atomic mass is 16.7. The second-order valence-electron chi connectivity index (χ2n) is 5.61. The summed E-state index contributed by atoms with van der Waals surface area (Å²) in [6.07, 6.45) is 2.69. The minimum Gasteiger partial charge on any atom is -0.454 e. The van der Waals surface area contributed by atoms with Crippen LogP contribution in [0.5, 0.6) is 11.5 Å². The van der Waals surface area contributed by atoms with E-state index in [1.54, 1.807) is 6.07 Å². The number of carbonyl (C=O) groups excluding carboxylic acids is 1. The minimum absolute atomic E-state index is 0.00588. The Bertz CT molecular complexity index is 599. The first-order valence-electron chi connectivity index (χ1n) is 6.71. The number of rotatable bonds is 0. The van der Waals surface area contributed by atoms with E-state index in [1.807, 2.05) is 6.07 Å². The molecule has 1 aromatic carbocycles. The Morgan fingerprint density at radius 1 is 1.16 bits per heavy atom. The summed E-state index contributed by atoms with van der Waals surface area (Å²) in [4.78, 5) is 12.2. The van der Waals surface area contributed by atoms with Crippen molar-refractivity contribution in [2.45, 2.75) is 37.0 Å². The fourth-order valence-corrected chi connectivity index (χ4v) is 3.69. The Hall–Kier alpha value is -1.75. The minimum atomic E-state index is -0.00588. The number of fused-ring (bicyclic) bond motifs is 6. The fourth-order valence-electron chi connectivity index (χ4n) is 3.69. The van der Waals surface area contributed by atoms with E-state index < -0.39 is 0 Å². The molecule has 0 aromatic heterocycles. The number of nitrogens with one attached hydrogen (secondary N) is 1. The van der Waals surface area contributed by atoms with Gasteiger partial charge in [0.15, 0.2) is 11.5 Å². The normalized spacial score (nSPS) is 36.9. The maximum atomic E-state index is 12.2. The van der Waals surface area contributed by atoms with Gasteiger partial charge in [0.05, 0.1) is 12.2 Å². The third kappa shape index (κ3) is 1.26. The summed E-state index contributed by atoms with van der Waals surface area (Å²) in [5, 5.41) is 3.11. The van der Waals surface area contributed by atoms with E-state index in [9.17, 15) is 4.79 Å². The molecule has 1 saturated heterocycles. The van der Waals surface area contributed by atoms with Gasteiger partial charge in [0.1, 0.15) is 0 Å². The molecule has 2 unspecified atom stereocenters. The highest BCUT2D eigenvalue weighted by molar-refractivity contribution is 5.98. The first-order chi connectivity index (χ1) is 9.31. The summed E-state index contributed by atoms with van der Waals surface area (Å²) in [5.74, 6) is 1.67. The van der Waals surface area contributed by atoms with Gasteiger partial charge in [-0.05, 0) is 30.5 Å². The van der Waals surface area contributed by atoms with Gasteiger partial charge < -0.3 is 19.5 Å². The van der Waals surface area contributed by atoms with Gasteiger partial charge in [0, 0.05) is 17.5 Å². The van der Waals surface area contributed by atoms with Gasteiger partial charge >= 0.3 is 0 Å². The molecule has 5 nitrogen and oxygen atoms in total. The predicted octanol–water partition coefficient (Wildman–Crippen LogP) is 1.17. The molecule has 4 atom stereocenters. The lowest BCUT2D eigenvalue weighted by Gasteiger charge is -2.35. The molecule has 0 bridgehead atoms. The van der Waals surface area contributed by atoms with Gasteiger partial charge in [-0.25, -0.2) is 0 Å². The molecule has 2 fully saturated rings. The van der Waals surface area contributed by atoms with E-state index in [2.05, 4.69) is 5.32 Å². The third-order valence-electron chi connectivity index (χ3n) is 4.64. The van der Waals surface area contributed by atoms with E-state index in [-0.39, 0.29) is 30.8 Å². The average Bonchev–Trinajstić information content (AvgIpc) is 3.06. The van der Waals surface area contributed by atoms with E-state index >= 15 is 0 Å². The van der Waals surface area contributed by atoms with Crippen LogP contribution in [-0.2, 0) is 4.74 Å². The standard InChI is InChI=1S/C14H13NO4/c16-14-7-4-11-10(17-5-18-11)3-6(7)12-8(15-14)1-2-9-13(12)19-9/h3-4,8-9,12-13H,1-2,5H2,(H,15,16)/t8-,9?,12+,13?/m0/s1. The number of hydrogen-bond acceptors (Lipinski definition) is 4. The number of epoxide rings is 1. The molecule has 19 heavy (non-hydrogen) atoms. The zero-order valence-electron chi connectivity index (χ0n) is 10.2. The lowest BCUT2D eigenvalue weighted by molar-refractivity contribution is 0.0904. The molecular formula is C14H13NO4. The summed E-state index contributed by atoms with van der Waals surface area (Å²) in [7, 11) is 0. The zero-order valence-corrected chi connectivity index (χ0v) is 10.2. The first-order valence-corrected chi connectivity index (χ1v) is 6.71. The molecule has 4 aliphatic rings. The second-order valence-corrected chi connectivity index (χ2v) is 5.61. The van der Waals surface area contributed by atoms with E-state index in [1.165, 1.54) is 0 Å². The molecule has 1 saturated carbocycles. The highest BCUT2D eigenvalue weighted by Crippen LogP contribution is 2.50. The number of hydrogen-bond donors (Lipinski definition) is 1. The van der Waals surface area contributed by atoms with Crippen LogP contribution in [0.1, 0.15) is 34.7 Å². The smallest absolute Gasteiger partial charge is 0.251 e. The van der Waals surface area contributed by atoms with Crippen molar-refractivity contribution in [3.63, 3.8) is 0 Å². The second kappa shape index (κ2) is 3.22. The number of carbonyl (C=O) groups is 1. The number of amides is 1. The van der Waals surface area contributed by atoms with Crippen LogP contribution in [0.4, 0.5) is 0 Å². The maximum Gasteiger partial charge on any atom is 0.251 e. The van der Waals surface area contributed by atoms with Crippen LogP contribution < -0.4 is 14.8 Å². The Kier molecular flexibility index (Phi) is 1.71. The van der Waals surface area contributed by atoms with E-state index in [0.717, 1.165) is 24.2 Å². The molecular weight excluding hydrogens is 246 g/mol. The lowest BCUT2D eigenvalue weighted by atomic mass is 9.75. The van der Waals surface area contributed by atoms with Gasteiger partial charge in [-0.15, -0.1) is 0 Å². The fraction of sp³-hybridized carbons (Fsp3) is 0.500. The van der Waals surface area contributed by atoms with E-state index in [4.69, 9.17) is 14.2 Å². The van der Waals surface area contributed by atoms with Crippen molar-refractivity contribution >= 4 is 5.91 Å². The van der Waals surface area contributed by atoms with Crippen LogP contribution in [0.2, 0.25) is 0 Å². The molecule has 1 N–H and O–H groups in total. The van der Waals surface area contributed by atoms with Crippen LogP contribution in [0.3, 0.4) is 0 Å². The molecule has 3 heterocycles. The molecule has 1 aliphatic carbocycles. The largest absolute Gasteiger partial charge is 0.454 e. The van der Waals surface area contributed by atoms with Crippen molar-refractivity contribution in [3.05, 3.63) is 23.3 Å². The summed E-state index contributed by atoms with van der Waals surface area (Å²) >= 11 is 0. The van der Waals surface area contributed by atoms with Crippen LogP contribution in [0.15, 0.2) is 12.1 Å². The molecule has 5 heteroatoms. The molecule has 1 amide bonds. The van der Waals surface area contributed by atoms with Gasteiger partial charge in [-0.2, -0.15) is 0 Å². The molecule has 5 rings (SSSR count). The van der Waals surface area contributed by atoms with Gasteiger partial charge in [-0.3, -0.25) is 4.79 Å². The van der Waals surface area contributed by atoms with Crippen LogP contribution in [0, 0.1) is 0 Å². The Morgan fingerprint density at radius 2 is 2.00 bits per heavy atom. The van der Waals surface area contributed by atoms with Crippen molar-refractivity contribution in [2.24, 2.45) is 0 Å². The van der Waals surface area contributed by atoms with Gasteiger partial charge in [-0.1, -0.05) is 0 Å². The quantitative estimate of drug-likeness (QED) is 0.710. The summed E-state index contributed by atoms with van der Waals surface area (Å²) in [5.41, 5.74) is 1.77. The van der Waals surface area contributed by atoms with Gasteiger partial charge in [0.2, 0.25) is 6.79 Å². The first kappa shape index (κ1) is 10.1. The topological polar surface area (TPSA) is 60.1 Å². The predicted molar refractivity (Wildman–Crippen MR) is 64.5 cm³/mol. The van der Waals surface area contributed by atoms with Crippen LogP contribution >= 0.6 is 0 Å². The van der Waals surface area contributed by atoms with Crippen LogP contribution in [0.25, 0.3) is 0 Å². The van der Waals surface area contributed by atoms with Crippen molar-refractivity contribution in [1.29, 1.82) is 0 Å². The van der Waals surface area contributed by atoms with Crippen LogP contribution in [-0.4, -0.2) is 30.9 Å². The Balaban J connectivity index is 1.69. The Labute approximate surface area is 109 Å². The number of ether oxygens (including phenoxy) is 3. The summed E-state index contributed by atoms with van der Waals surface area (Å²) < 4.78 is 16.5. The number of benzene rings is 1.